The first-order chi connectivity index (χ1) is 48.1. The predicted molar refractivity (Wildman–Crippen MR) is 379 cm³/mol. The maximum absolute atomic E-state index is 15.6. The average Bonchev–Trinajstić information content (AvgIpc) is 1.49. The van der Waals surface area contributed by atoms with Crippen molar-refractivity contribution in [3.8, 4) is 0 Å². The number of carbonyl (C=O) groups is 12. The van der Waals surface area contributed by atoms with E-state index in [0.29, 0.717) is 57.3 Å². The number of nitrogens with one attached hydrogen (secondary N) is 3. The Bertz CT molecular complexity index is 3010. The van der Waals surface area contributed by atoms with Gasteiger partial charge in [0.2, 0.25) is 70.9 Å². The van der Waals surface area contributed by atoms with Crippen LogP contribution in [0.25, 0.3) is 0 Å². The third-order valence-corrected chi connectivity index (χ3v) is 23.9. The lowest BCUT2D eigenvalue weighted by Crippen LogP contribution is -2.65. The van der Waals surface area contributed by atoms with Gasteiger partial charge in [-0.2, -0.15) is 13.2 Å². The summed E-state index contributed by atoms with van der Waals surface area (Å²) >= 11 is 6.43. The second-order valence-electron chi connectivity index (χ2n) is 31.6. The fourth-order valence-electron chi connectivity index (χ4n) is 16.8. The van der Waals surface area contributed by atoms with E-state index >= 15 is 28.8 Å². The second-order valence-corrected chi connectivity index (χ2v) is 32.1. The number of halogens is 4. The molecule has 4 aliphatic carbocycles. The topological polar surface area (TPSA) is 270 Å². The minimum Gasteiger partial charge on any atom is -0.347 e. The second kappa shape index (κ2) is 36.9. The van der Waals surface area contributed by atoms with Crippen LogP contribution in [0.3, 0.4) is 0 Å². The van der Waals surface area contributed by atoms with Crippen LogP contribution in [0.15, 0.2) is 12.2 Å². The molecular weight excluding hydrogens is 1340 g/mol. The minimum absolute atomic E-state index is 0.000271. The van der Waals surface area contributed by atoms with Gasteiger partial charge in [-0.25, -0.2) is 0 Å². The van der Waals surface area contributed by atoms with Crippen molar-refractivity contribution in [2.45, 2.75) is 255 Å². The number of alkyl halides is 4. The number of hydrogen-bond acceptors (Lipinski definition) is 12. The number of carbonyl (C=O) groups excluding carboxylic acids is 12. The van der Waals surface area contributed by atoms with Gasteiger partial charge in [-0.15, -0.1) is 11.6 Å². The summed E-state index contributed by atoms with van der Waals surface area (Å²) in [6, 6.07) is -8.60. The van der Waals surface area contributed by atoms with Crippen LogP contribution in [0.2, 0.25) is 0 Å². The highest BCUT2D eigenvalue weighted by Crippen LogP contribution is 2.44. The highest BCUT2D eigenvalue weighted by molar-refractivity contribution is 6.21. The lowest BCUT2D eigenvalue weighted by molar-refractivity contribution is -0.182. The quantitative estimate of drug-likeness (QED) is 0.148. The molecule has 3 unspecified atom stereocenters. The van der Waals surface area contributed by atoms with Crippen molar-refractivity contribution in [3.63, 3.8) is 0 Å². The molecule has 24 nitrogen and oxygen atoms in total. The largest absolute Gasteiger partial charge is 0.393 e. The summed E-state index contributed by atoms with van der Waals surface area (Å²) in [7, 11) is 10.2. The maximum Gasteiger partial charge on any atom is 0.393 e. The van der Waals surface area contributed by atoms with Gasteiger partial charge in [0.05, 0.1) is 32.0 Å². The molecule has 0 aromatic heterocycles. The molecule has 12 amide bonds. The Labute approximate surface area is 607 Å². The zero-order valence-corrected chi connectivity index (χ0v) is 63.4. The number of hydrogen-bond donors (Lipinski definition) is 3. The zero-order chi connectivity index (χ0) is 75.2. The number of nitrogens with zero attached hydrogens (tertiary/aromatic N) is 9. The molecule has 3 heterocycles. The smallest absolute Gasteiger partial charge is 0.347 e. The van der Waals surface area contributed by atoms with Crippen molar-refractivity contribution < 1.29 is 70.7 Å². The van der Waals surface area contributed by atoms with Gasteiger partial charge in [-0.1, -0.05) is 105 Å². The van der Waals surface area contributed by atoms with Crippen LogP contribution in [0.5, 0.6) is 0 Å². The fourth-order valence-corrected chi connectivity index (χ4v) is 17.3. The van der Waals surface area contributed by atoms with E-state index in [1.807, 2.05) is 32.9 Å². The molecule has 574 valence electrons. The Kier molecular flexibility index (Phi) is 30.0. The molecule has 0 aromatic rings. The first-order valence-electron chi connectivity index (χ1n) is 37.7. The Balaban J connectivity index is 1.29. The predicted octanol–water partition coefficient (Wildman–Crippen LogP) is 6.51. The molecule has 0 aromatic carbocycles. The summed E-state index contributed by atoms with van der Waals surface area (Å²) < 4.78 is 42.2. The lowest BCUT2D eigenvalue weighted by Gasteiger charge is -2.42. The number of likely N-dealkylation sites (N-methyl/N-ethyl adjacent to an activating group) is 6. The number of fused-ring (bicyclic) bond motifs is 4. The number of amides is 12. The van der Waals surface area contributed by atoms with Crippen LogP contribution in [-0.4, -0.2) is 263 Å². The van der Waals surface area contributed by atoms with Crippen molar-refractivity contribution in [2.75, 3.05) is 88.6 Å². The van der Waals surface area contributed by atoms with Gasteiger partial charge in [0, 0.05) is 74.3 Å². The van der Waals surface area contributed by atoms with E-state index in [-0.39, 0.29) is 102 Å². The third-order valence-electron chi connectivity index (χ3n) is 23.4. The van der Waals surface area contributed by atoms with Crippen molar-refractivity contribution in [3.05, 3.63) is 12.2 Å². The highest BCUT2D eigenvalue weighted by Gasteiger charge is 2.52. The molecule has 6 fully saturated rings. The summed E-state index contributed by atoms with van der Waals surface area (Å²) in [4.78, 5) is 192. The van der Waals surface area contributed by atoms with Gasteiger partial charge >= 0.3 is 6.18 Å². The van der Waals surface area contributed by atoms with E-state index in [9.17, 15) is 41.9 Å². The van der Waals surface area contributed by atoms with Crippen LogP contribution < -0.4 is 16.0 Å². The molecule has 11 atom stereocenters. The Morgan fingerprint density at radius 3 is 1.88 bits per heavy atom. The fraction of sp³-hybridized carbons (Fsp3) is 0.811. The molecule has 7 aliphatic rings. The number of rotatable bonds is 11. The van der Waals surface area contributed by atoms with Crippen molar-refractivity contribution >= 4 is 82.5 Å². The SMILES string of the molecule is CC[C@H](C)[C@@H]1NC(=O)[C@H](CC(C)C)N(C)C(=O)C[C@@H](C(=O)N(C)C)N(C)C(=O)[C@H](C2CCCC2)N(C)C(=O)C2(CCCC2)NC(=O)[C@@H]2CCCN2C(=O)[C@H](CCC2CCC(C(F)(F)F)C(Cl)C2)NC(=O)CN(C)C(=O)[C@H](CC2CCC(C)CC2)N2CC/C=C/CCN(CC2=O)C(=O)CN(C)C1=O. The standard InChI is InChI=1S/C74H118ClF3N12O12/c1-13-48(5)63-70(100)84(9)44-61(93)88-36-20-14-15-21-37-89(62(94)45-88)58(41-50-28-26-47(4)27-29-50)69(99)83(8)43-59(91)79-54(33-31-49-30-32-52(53(75)40-49)74(76,77)78)67(97)90-38-22-25-55(90)66(96)81-73(34-18-19-35-73)72(102)87(12)64(51-23-16-17-24-51)71(101)86(11)57(68(98)82(6)7)42-60(92)85(10)56(39-46(2)3)65(95)80-63/h14-15,46-58,63-64H,13,16-45H2,1-12H3,(H,79,91)(H,80,95)(H,81,96)/b15-14+/t47?,48-,49?,50?,52?,53?,54-,55-,56-,57-,58-,63-,64-/m0/s1. The van der Waals surface area contributed by atoms with Gasteiger partial charge in [0.15, 0.2) is 0 Å². The van der Waals surface area contributed by atoms with E-state index in [0.717, 1.165) is 38.5 Å². The summed E-state index contributed by atoms with van der Waals surface area (Å²) in [5, 5.41) is 7.66. The Morgan fingerprint density at radius 2 is 1.27 bits per heavy atom. The average molecular weight is 1460 g/mol. The first-order valence-corrected chi connectivity index (χ1v) is 38.2. The molecular formula is C74H118ClF3N12O12. The Morgan fingerprint density at radius 1 is 0.647 bits per heavy atom. The van der Waals surface area contributed by atoms with E-state index < -0.39 is 174 Å². The third kappa shape index (κ3) is 20.9. The van der Waals surface area contributed by atoms with Gasteiger partial charge in [-0.05, 0) is 132 Å². The van der Waals surface area contributed by atoms with Crippen molar-refractivity contribution in [1.82, 2.24) is 60.0 Å². The molecule has 4 saturated carbocycles. The monoisotopic (exact) mass is 1460 g/mol. The van der Waals surface area contributed by atoms with Gasteiger partial charge < -0.3 is 60.0 Å². The van der Waals surface area contributed by atoms with Crippen molar-refractivity contribution in [1.29, 1.82) is 0 Å². The normalized spacial score (nSPS) is 31.0. The highest BCUT2D eigenvalue weighted by atomic mass is 35.5. The molecule has 2 saturated heterocycles. The maximum atomic E-state index is 15.6. The van der Waals surface area contributed by atoms with E-state index in [1.54, 1.807) is 6.92 Å². The van der Waals surface area contributed by atoms with Crippen LogP contribution >= 0.6 is 11.6 Å². The van der Waals surface area contributed by atoms with E-state index in [4.69, 9.17) is 11.6 Å². The summed E-state index contributed by atoms with van der Waals surface area (Å²) in [6.07, 6.45) is 8.11. The van der Waals surface area contributed by atoms with Crippen molar-refractivity contribution in [2.24, 2.45) is 41.4 Å². The van der Waals surface area contributed by atoms with E-state index in [1.165, 1.54) is 93.4 Å². The van der Waals surface area contributed by atoms with Gasteiger partial charge in [-0.3, -0.25) is 57.5 Å². The molecule has 1 spiro atoms. The zero-order valence-electron chi connectivity index (χ0n) is 62.7. The summed E-state index contributed by atoms with van der Waals surface area (Å²) in [5.41, 5.74) is -1.55. The van der Waals surface area contributed by atoms with Crippen LogP contribution in [0, 0.1) is 41.4 Å². The summed E-state index contributed by atoms with van der Waals surface area (Å²) in [6.45, 7) is 8.19. The molecule has 102 heavy (non-hydrogen) atoms. The Hall–Kier alpha value is -6.54. The van der Waals surface area contributed by atoms with Crippen LogP contribution in [-0.2, 0) is 57.5 Å². The molecule has 28 heteroatoms. The van der Waals surface area contributed by atoms with E-state index in [2.05, 4.69) is 22.9 Å². The van der Waals surface area contributed by atoms with Gasteiger partial charge in [0.25, 0.3) is 0 Å². The van der Waals surface area contributed by atoms with Crippen LogP contribution in [0.1, 0.15) is 195 Å². The lowest BCUT2D eigenvalue weighted by atomic mass is 9.78. The molecule has 7 rings (SSSR count). The van der Waals surface area contributed by atoms with Gasteiger partial charge in [0.1, 0.15) is 47.8 Å². The first kappa shape index (κ1) is 82.7. The molecule has 2 bridgehead atoms. The molecule has 3 aliphatic heterocycles. The minimum atomic E-state index is -4.51. The molecule has 3 N–H and O–H groups in total. The molecule has 0 radical (unpaired) electrons. The van der Waals surface area contributed by atoms with Crippen LogP contribution in [0.4, 0.5) is 13.2 Å². The summed E-state index contributed by atoms with van der Waals surface area (Å²) in [5.74, 6) is -10.2.